The number of methoxy groups -OCH3 is 1. The van der Waals surface area contributed by atoms with Gasteiger partial charge in [-0.05, 0) is 0 Å². The molecule has 0 spiro atoms. The first kappa shape index (κ1) is 15.6. The van der Waals surface area contributed by atoms with Gasteiger partial charge in [0, 0.05) is 6.20 Å². The maximum absolute atomic E-state index is 12.8. The average molecular weight is 304 g/mol. The molecule has 1 aromatic rings. The lowest BCUT2D eigenvalue weighted by Gasteiger charge is -2.15. The highest BCUT2D eigenvalue weighted by molar-refractivity contribution is 6.32. The zero-order valence-electron chi connectivity index (χ0n) is 9.39. The lowest BCUT2D eigenvalue weighted by molar-refractivity contribution is -0.141. The normalized spacial score (nSPS) is 11.8. The van der Waals surface area contributed by atoms with Crippen molar-refractivity contribution in [3.63, 3.8) is 0 Å². The van der Waals surface area contributed by atoms with Gasteiger partial charge >= 0.3 is 12.1 Å². The number of carbonyl (C=O) groups is 1. The molecule has 0 aliphatic carbocycles. The Labute approximate surface area is 109 Å². The van der Waals surface area contributed by atoms with E-state index in [0.29, 0.717) is 6.20 Å². The Morgan fingerprint density at radius 3 is 2.47 bits per heavy atom. The van der Waals surface area contributed by atoms with Gasteiger partial charge in [-0.3, -0.25) is 9.78 Å². The fourth-order valence-electron chi connectivity index (χ4n) is 1.32. The second kappa shape index (κ2) is 5.68. The fourth-order valence-corrected chi connectivity index (χ4v) is 1.67. The monoisotopic (exact) mass is 303 g/mol. The van der Waals surface area contributed by atoms with Gasteiger partial charge in [0.2, 0.25) is 0 Å². The molecule has 0 N–H and O–H groups in total. The second-order valence-corrected chi connectivity index (χ2v) is 3.78. The van der Waals surface area contributed by atoms with Crippen LogP contribution in [0.2, 0.25) is 5.02 Å². The molecule has 1 aromatic heterocycles. The molecule has 0 bridgehead atoms. The SMILES string of the molecule is COC(=O)Cc1ncc(C(F)F)c(Cl)c1C(F)(F)F. The third-order valence-electron chi connectivity index (χ3n) is 2.18. The highest BCUT2D eigenvalue weighted by Gasteiger charge is 2.39. The summed E-state index contributed by atoms with van der Waals surface area (Å²) >= 11 is 5.33. The van der Waals surface area contributed by atoms with E-state index in [1.165, 1.54) is 0 Å². The molecule has 1 heterocycles. The molecule has 9 heteroatoms. The minimum atomic E-state index is -5.00. The smallest absolute Gasteiger partial charge is 0.419 e. The zero-order valence-corrected chi connectivity index (χ0v) is 10.1. The number of aromatic nitrogens is 1. The summed E-state index contributed by atoms with van der Waals surface area (Å²) in [5.74, 6) is -0.987. The number of hydrogen-bond acceptors (Lipinski definition) is 3. The Morgan fingerprint density at radius 2 is 2.05 bits per heavy atom. The van der Waals surface area contributed by atoms with Crippen molar-refractivity contribution in [2.24, 2.45) is 0 Å². The predicted octanol–water partition coefficient (Wildman–Crippen LogP) is 3.41. The lowest BCUT2D eigenvalue weighted by Crippen LogP contribution is -2.17. The van der Waals surface area contributed by atoms with Gasteiger partial charge in [-0.2, -0.15) is 13.2 Å². The van der Waals surface area contributed by atoms with E-state index in [1.807, 2.05) is 0 Å². The summed E-state index contributed by atoms with van der Waals surface area (Å²) in [6, 6.07) is 0. The van der Waals surface area contributed by atoms with Crippen molar-refractivity contribution in [2.75, 3.05) is 7.11 Å². The van der Waals surface area contributed by atoms with Crippen LogP contribution in [0, 0.1) is 0 Å². The highest BCUT2D eigenvalue weighted by atomic mass is 35.5. The Bertz CT molecular complexity index is 490. The summed E-state index contributed by atoms with van der Waals surface area (Å²) in [7, 11) is 0.977. The second-order valence-electron chi connectivity index (χ2n) is 3.40. The molecule has 0 unspecified atom stereocenters. The van der Waals surface area contributed by atoms with Crippen molar-refractivity contribution >= 4 is 17.6 Å². The van der Waals surface area contributed by atoms with Crippen molar-refractivity contribution in [3.8, 4) is 0 Å². The summed E-state index contributed by atoms with van der Waals surface area (Å²) in [5, 5.41) is -1.16. The maximum atomic E-state index is 12.8. The predicted molar refractivity (Wildman–Crippen MR) is 54.9 cm³/mol. The molecule has 0 saturated carbocycles. The van der Waals surface area contributed by atoms with Crippen molar-refractivity contribution in [1.29, 1.82) is 0 Å². The molecule has 0 aromatic carbocycles. The Morgan fingerprint density at radius 1 is 1.47 bits per heavy atom. The minimum Gasteiger partial charge on any atom is -0.469 e. The van der Waals surface area contributed by atoms with E-state index < -0.39 is 46.8 Å². The summed E-state index contributed by atoms with van der Waals surface area (Å²) in [6.07, 6.45) is -8.50. The van der Waals surface area contributed by atoms with Crippen LogP contribution in [-0.2, 0) is 22.1 Å². The number of halogens is 6. The van der Waals surface area contributed by atoms with Crippen LogP contribution in [0.3, 0.4) is 0 Å². The van der Waals surface area contributed by atoms with Crippen molar-refractivity contribution < 1.29 is 31.5 Å². The van der Waals surface area contributed by atoms with Crippen LogP contribution in [-0.4, -0.2) is 18.1 Å². The van der Waals surface area contributed by atoms with Gasteiger partial charge in [-0.1, -0.05) is 11.6 Å². The molecule has 19 heavy (non-hydrogen) atoms. The summed E-state index contributed by atoms with van der Waals surface area (Å²) in [5.41, 5.74) is -3.34. The minimum absolute atomic E-state index is 0.514. The molecule has 0 saturated heterocycles. The third-order valence-corrected chi connectivity index (χ3v) is 2.59. The van der Waals surface area contributed by atoms with Crippen molar-refractivity contribution in [1.82, 2.24) is 4.98 Å². The topological polar surface area (TPSA) is 39.2 Å². The molecule has 0 amide bonds. The summed E-state index contributed by atoms with van der Waals surface area (Å²) in [6.45, 7) is 0. The van der Waals surface area contributed by atoms with Gasteiger partial charge in [-0.15, -0.1) is 0 Å². The van der Waals surface area contributed by atoms with Gasteiger partial charge in [-0.25, -0.2) is 8.78 Å². The van der Waals surface area contributed by atoms with Crippen LogP contribution in [0.4, 0.5) is 22.0 Å². The van der Waals surface area contributed by atoms with E-state index in [0.717, 1.165) is 7.11 Å². The van der Waals surface area contributed by atoms with Gasteiger partial charge in [0.1, 0.15) is 0 Å². The Hall–Kier alpha value is -1.44. The number of alkyl halides is 5. The zero-order chi connectivity index (χ0) is 14.8. The molecular formula is C10H7ClF5NO2. The number of esters is 1. The molecule has 0 atom stereocenters. The summed E-state index contributed by atoms with van der Waals surface area (Å²) < 4.78 is 67.5. The lowest BCUT2D eigenvalue weighted by atomic mass is 10.1. The van der Waals surface area contributed by atoms with E-state index in [1.54, 1.807) is 0 Å². The van der Waals surface area contributed by atoms with Gasteiger partial charge in [0.05, 0.1) is 35.4 Å². The molecular weight excluding hydrogens is 297 g/mol. The van der Waals surface area contributed by atoms with Crippen LogP contribution >= 0.6 is 11.6 Å². The first-order valence-electron chi connectivity index (χ1n) is 4.78. The molecule has 0 aliphatic heterocycles. The van der Waals surface area contributed by atoms with E-state index in [4.69, 9.17) is 11.6 Å². The number of ether oxygens (including phenoxy) is 1. The Balaban J connectivity index is 3.40. The molecule has 3 nitrogen and oxygen atoms in total. The van der Waals surface area contributed by atoms with Crippen molar-refractivity contribution in [3.05, 3.63) is 28.0 Å². The van der Waals surface area contributed by atoms with Crippen LogP contribution in [0.25, 0.3) is 0 Å². The van der Waals surface area contributed by atoms with Crippen LogP contribution in [0.15, 0.2) is 6.20 Å². The molecule has 0 aliphatic rings. The fraction of sp³-hybridized carbons (Fsp3) is 0.400. The van der Waals surface area contributed by atoms with Crippen LogP contribution < -0.4 is 0 Å². The van der Waals surface area contributed by atoms with Gasteiger partial charge in [0.25, 0.3) is 6.43 Å². The van der Waals surface area contributed by atoms with Gasteiger partial charge < -0.3 is 4.74 Å². The molecule has 0 radical (unpaired) electrons. The standard InChI is InChI=1S/C10H7ClF5NO2/c1-19-6(18)2-5-7(10(14,15)16)8(11)4(3-17-5)9(12)13/h3,9H,2H2,1H3. The van der Waals surface area contributed by atoms with E-state index >= 15 is 0 Å². The van der Waals surface area contributed by atoms with Gasteiger partial charge in [0.15, 0.2) is 0 Å². The molecule has 1 rings (SSSR count). The number of carbonyl (C=O) groups excluding carboxylic acids is 1. The number of hydrogen-bond donors (Lipinski definition) is 0. The quantitative estimate of drug-likeness (QED) is 0.634. The average Bonchev–Trinajstić information content (AvgIpc) is 2.26. The maximum Gasteiger partial charge on any atom is 0.419 e. The van der Waals surface area contributed by atoms with Crippen LogP contribution in [0.5, 0.6) is 0 Å². The van der Waals surface area contributed by atoms with Crippen molar-refractivity contribution in [2.45, 2.75) is 19.0 Å². The first-order chi connectivity index (χ1) is 8.68. The largest absolute Gasteiger partial charge is 0.469 e. The van der Waals surface area contributed by atoms with E-state index in [9.17, 15) is 26.7 Å². The number of nitrogens with zero attached hydrogens (tertiary/aromatic N) is 1. The molecule has 0 fully saturated rings. The summed E-state index contributed by atoms with van der Waals surface area (Å²) in [4.78, 5) is 14.2. The molecule has 106 valence electrons. The van der Waals surface area contributed by atoms with E-state index in [2.05, 4.69) is 9.72 Å². The van der Waals surface area contributed by atoms with E-state index in [-0.39, 0.29) is 0 Å². The number of rotatable bonds is 3. The van der Waals surface area contributed by atoms with Crippen LogP contribution in [0.1, 0.15) is 23.2 Å². The first-order valence-corrected chi connectivity index (χ1v) is 5.15. The highest BCUT2D eigenvalue weighted by Crippen LogP contribution is 2.40. The number of pyridine rings is 1. The Kier molecular flexibility index (Phi) is 4.67. The third kappa shape index (κ3) is 3.52.